The van der Waals surface area contributed by atoms with Crippen LogP contribution in [0.1, 0.15) is 25.8 Å². The van der Waals surface area contributed by atoms with Crippen LogP contribution in [0, 0.1) is 5.92 Å². The number of carbonyl (C=O) groups excluding carboxylic acids is 1. The Morgan fingerprint density at radius 3 is 2.83 bits per heavy atom. The molecule has 126 valence electrons. The van der Waals surface area contributed by atoms with Gasteiger partial charge in [0.2, 0.25) is 17.7 Å². The number of nitrogens with one attached hydrogen (secondary N) is 2. The van der Waals surface area contributed by atoms with Crippen LogP contribution in [0.3, 0.4) is 0 Å². The highest BCUT2D eigenvalue weighted by Gasteiger charge is 2.35. The lowest BCUT2D eigenvalue weighted by Crippen LogP contribution is -2.47. The summed E-state index contributed by atoms with van der Waals surface area (Å²) in [6, 6.07) is 8.03. The van der Waals surface area contributed by atoms with Crippen LogP contribution in [0.4, 0.5) is 11.6 Å². The van der Waals surface area contributed by atoms with Gasteiger partial charge in [0.15, 0.2) is 0 Å². The van der Waals surface area contributed by atoms with Crippen molar-refractivity contribution in [3.8, 4) is 5.88 Å². The van der Waals surface area contributed by atoms with E-state index in [0.717, 1.165) is 23.7 Å². The van der Waals surface area contributed by atoms with Gasteiger partial charge in [0.05, 0.1) is 6.07 Å². The molecule has 1 unspecified atom stereocenters. The fourth-order valence-corrected chi connectivity index (χ4v) is 2.97. The van der Waals surface area contributed by atoms with E-state index in [9.17, 15) is 14.7 Å². The van der Waals surface area contributed by atoms with Gasteiger partial charge >= 0.3 is 0 Å². The van der Waals surface area contributed by atoms with Crippen LogP contribution in [0.15, 0.2) is 35.1 Å². The molecule has 2 heterocycles. The Bertz CT molecular complexity index is 817. The molecule has 2 aromatic rings. The molecule has 0 fully saturated rings. The molecule has 0 radical (unpaired) electrons. The third kappa shape index (κ3) is 2.97. The van der Waals surface area contributed by atoms with E-state index in [-0.39, 0.29) is 23.7 Å². The van der Waals surface area contributed by atoms with Gasteiger partial charge < -0.3 is 15.3 Å². The van der Waals surface area contributed by atoms with Crippen molar-refractivity contribution in [2.75, 3.05) is 10.2 Å². The van der Waals surface area contributed by atoms with Crippen LogP contribution in [0.2, 0.25) is 0 Å². The van der Waals surface area contributed by atoms with Crippen molar-refractivity contribution in [1.29, 1.82) is 0 Å². The average molecular weight is 328 g/mol. The molecule has 1 aliphatic rings. The number of aromatic amines is 1. The van der Waals surface area contributed by atoms with E-state index in [4.69, 9.17) is 0 Å². The van der Waals surface area contributed by atoms with Crippen molar-refractivity contribution >= 4 is 17.5 Å². The number of H-pyrrole nitrogens is 1. The Hall–Kier alpha value is -2.83. The topological polar surface area (TPSA) is 98.3 Å². The maximum Gasteiger partial charge on any atom is 0.256 e. The summed E-state index contributed by atoms with van der Waals surface area (Å²) in [6.45, 7) is 4.39. The van der Waals surface area contributed by atoms with Gasteiger partial charge in [0.1, 0.15) is 6.04 Å². The van der Waals surface area contributed by atoms with Crippen molar-refractivity contribution in [3.05, 3.63) is 46.2 Å². The number of hydrogen-bond donors (Lipinski definition) is 3. The van der Waals surface area contributed by atoms with E-state index in [1.807, 2.05) is 38.1 Å². The molecule has 7 heteroatoms. The molecule has 0 aliphatic carbocycles. The first-order chi connectivity index (χ1) is 11.5. The van der Waals surface area contributed by atoms with Crippen LogP contribution >= 0.6 is 0 Å². The number of fused-ring (bicyclic) bond motifs is 1. The lowest BCUT2D eigenvalue weighted by atomic mass is 9.97. The third-order valence-electron chi connectivity index (χ3n) is 4.39. The van der Waals surface area contributed by atoms with Crippen molar-refractivity contribution in [1.82, 2.24) is 9.97 Å². The fourth-order valence-electron chi connectivity index (χ4n) is 2.97. The van der Waals surface area contributed by atoms with Crippen molar-refractivity contribution in [2.45, 2.75) is 32.9 Å². The highest BCUT2D eigenvalue weighted by Crippen LogP contribution is 2.29. The Morgan fingerprint density at radius 1 is 1.38 bits per heavy atom. The number of amides is 1. The lowest BCUT2D eigenvalue weighted by Gasteiger charge is -2.32. The molecular weight excluding hydrogens is 308 g/mol. The summed E-state index contributed by atoms with van der Waals surface area (Å²) >= 11 is 0. The zero-order valence-electron chi connectivity index (χ0n) is 13.6. The van der Waals surface area contributed by atoms with E-state index < -0.39 is 11.6 Å². The van der Waals surface area contributed by atoms with Gasteiger partial charge in [0, 0.05) is 12.2 Å². The van der Waals surface area contributed by atoms with Crippen molar-refractivity contribution < 1.29 is 9.90 Å². The summed E-state index contributed by atoms with van der Waals surface area (Å²) in [5, 5.41) is 12.6. The van der Waals surface area contributed by atoms with Crippen LogP contribution in [-0.2, 0) is 11.3 Å². The summed E-state index contributed by atoms with van der Waals surface area (Å²) in [4.78, 5) is 32.9. The van der Waals surface area contributed by atoms with Crippen molar-refractivity contribution in [3.63, 3.8) is 0 Å². The van der Waals surface area contributed by atoms with Gasteiger partial charge in [-0.15, -0.1) is 0 Å². The van der Waals surface area contributed by atoms with E-state index in [2.05, 4.69) is 15.3 Å². The Labute approximate surface area is 139 Å². The van der Waals surface area contributed by atoms with Crippen LogP contribution < -0.4 is 15.8 Å². The van der Waals surface area contributed by atoms with E-state index >= 15 is 0 Å². The zero-order chi connectivity index (χ0) is 17.3. The van der Waals surface area contributed by atoms with Crippen LogP contribution in [0.5, 0.6) is 5.88 Å². The fraction of sp³-hybridized carbons (Fsp3) is 0.353. The molecule has 3 N–H and O–H groups in total. The monoisotopic (exact) mass is 328 g/mol. The summed E-state index contributed by atoms with van der Waals surface area (Å²) in [6.07, 6.45) is 0.786. The van der Waals surface area contributed by atoms with Gasteiger partial charge in [-0.05, 0) is 17.5 Å². The molecule has 3 rings (SSSR count). The largest absolute Gasteiger partial charge is 0.493 e. The number of benzene rings is 1. The molecule has 0 spiro atoms. The van der Waals surface area contributed by atoms with E-state index in [0.29, 0.717) is 6.54 Å². The zero-order valence-corrected chi connectivity index (χ0v) is 13.6. The molecule has 7 nitrogen and oxygen atoms in total. The summed E-state index contributed by atoms with van der Waals surface area (Å²) in [5.74, 6) is -0.293. The number of aromatic nitrogens is 2. The van der Waals surface area contributed by atoms with E-state index in [1.165, 1.54) is 0 Å². The predicted molar refractivity (Wildman–Crippen MR) is 91.0 cm³/mol. The number of para-hydroxylation sites is 1. The molecule has 1 aromatic heterocycles. The SMILES string of the molecule is CC[C@H](C)C1C(=O)Nc2ccccc2CN1c1nc(O)cc(=O)[nH]1. The Kier molecular flexibility index (Phi) is 4.24. The minimum absolute atomic E-state index is 0.0342. The molecule has 0 saturated carbocycles. The molecule has 1 aromatic carbocycles. The minimum atomic E-state index is -0.507. The number of aromatic hydroxyl groups is 1. The standard InChI is InChI=1S/C17H20N4O3/c1-3-10(2)15-16(24)18-12-7-5-4-6-11(12)9-21(15)17-19-13(22)8-14(23)20-17/h4-8,10,15H,3,9H2,1-2H3,(H,18,24)(H2,19,20,22,23)/t10-,15?/m0/s1. The van der Waals surface area contributed by atoms with Crippen LogP contribution in [-0.4, -0.2) is 27.0 Å². The molecule has 1 amide bonds. The quantitative estimate of drug-likeness (QED) is 0.799. The first-order valence-electron chi connectivity index (χ1n) is 7.95. The second-order valence-electron chi connectivity index (χ2n) is 6.03. The maximum absolute atomic E-state index is 12.8. The molecule has 0 saturated heterocycles. The molecule has 0 bridgehead atoms. The van der Waals surface area contributed by atoms with Gasteiger partial charge in [-0.2, -0.15) is 4.98 Å². The highest BCUT2D eigenvalue weighted by molar-refractivity contribution is 5.98. The first kappa shape index (κ1) is 16.0. The number of carbonyl (C=O) groups is 1. The minimum Gasteiger partial charge on any atom is -0.493 e. The van der Waals surface area contributed by atoms with Crippen molar-refractivity contribution in [2.24, 2.45) is 5.92 Å². The lowest BCUT2D eigenvalue weighted by molar-refractivity contribution is -0.118. The van der Waals surface area contributed by atoms with E-state index in [1.54, 1.807) is 4.90 Å². The maximum atomic E-state index is 12.8. The summed E-state index contributed by atoms with van der Waals surface area (Å²) in [7, 11) is 0. The normalized spacial score (nSPS) is 18.5. The molecule has 1 aliphatic heterocycles. The second-order valence-corrected chi connectivity index (χ2v) is 6.03. The number of anilines is 2. The van der Waals surface area contributed by atoms with Crippen LogP contribution in [0.25, 0.3) is 0 Å². The summed E-state index contributed by atoms with van der Waals surface area (Å²) < 4.78 is 0. The Morgan fingerprint density at radius 2 is 2.12 bits per heavy atom. The second kappa shape index (κ2) is 6.35. The first-order valence-corrected chi connectivity index (χ1v) is 7.95. The third-order valence-corrected chi connectivity index (χ3v) is 4.39. The number of hydrogen-bond acceptors (Lipinski definition) is 5. The Balaban J connectivity index is 2.13. The van der Waals surface area contributed by atoms with Gasteiger partial charge in [-0.25, -0.2) is 0 Å². The van der Waals surface area contributed by atoms with Gasteiger partial charge in [-0.3, -0.25) is 14.6 Å². The predicted octanol–water partition coefficient (Wildman–Crippen LogP) is 1.85. The average Bonchev–Trinajstić information content (AvgIpc) is 2.69. The number of rotatable bonds is 3. The molecule has 2 atom stereocenters. The van der Waals surface area contributed by atoms with Gasteiger partial charge in [0.25, 0.3) is 5.56 Å². The molecule has 24 heavy (non-hydrogen) atoms. The highest BCUT2D eigenvalue weighted by atomic mass is 16.3. The summed E-state index contributed by atoms with van der Waals surface area (Å²) in [5.41, 5.74) is 1.21. The number of nitrogens with zero attached hydrogens (tertiary/aromatic N) is 2. The molecular formula is C17H20N4O3. The smallest absolute Gasteiger partial charge is 0.256 e. The van der Waals surface area contributed by atoms with Gasteiger partial charge in [-0.1, -0.05) is 38.5 Å².